The molecule has 1 aliphatic rings. The fourth-order valence-electron chi connectivity index (χ4n) is 3.19. The zero-order chi connectivity index (χ0) is 20.4. The fraction of sp³-hybridized carbons (Fsp3) is 0.381. The van der Waals surface area contributed by atoms with Crippen LogP contribution in [0, 0.1) is 5.82 Å². The number of morpholine rings is 1. The molecule has 3 heterocycles. The maximum Gasteiger partial charge on any atom is 0.252 e. The summed E-state index contributed by atoms with van der Waals surface area (Å²) in [5, 5.41) is 14.7. The molecule has 0 amide bonds. The van der Waals surface area contributed by atoms with Crippen LogP contribution in [0.3, 0.4) is 0 Å². The number of halogens is 1. The van der Waals surface area contributed by atoms with E-state index in [1.165, 1.54) is 12.1 Å². The van der Waals surface area contributed by atoms with Crippen molar-refractivity contribution in [2.45, 2.75) is 25.9 Å². The second-order valence-corrected chi connectivity index (χ2v) is 7.62. The normalized spacial score (nSPS) is 15.0. The molecule has 8 heteroatoms. The molecule has 0 saturated carbocycles. The van der Waals surface area contributed by atoms with Crippen molar-refractivity contribution in [1.29, 1.82) is 0 Å². The van der Waals surface area contributed by atoms with E-state index in [-0.39, 0.29) is 5.82 Å². The molecule has 29 heavy (non-hydrogen) atoms. The second-order valence-electron chi connectivity index (χ2n) is 7.62. The SMILES string of the molecule is CC(C)(O)c1ccn(-c2nc(Cc3ccc(F)cc3)cc(N3CCOCC3)n2)n1. The highest BCUT2D eigenvalue weighted by molar-refractivity contribution is 5.43. The summed E-state index contributed by atoms with van der Waals surface area (Å²) in [7, 11) is 0. The number of hydrogen-bond donors (Lipinski definition) is 1. The van der Waals surface area contributed by atoms with Crippen LogP contribution in [0.25, 0.3) is 5.95 Å². The van der Waals surface area contributed by atoms with Crippen LogP contribution in [0.4, 0.5) is 10.2 Å². The van der Waals surface area contributed by atoms with E-state index in [2.05, 4.69) is 15.0 Å². The Hall–Kier alpha value is -2.84. The molecule has 152 valence electrons. The smallest absolute Gasteiger partial charge is 0.252 e. The van der Waals surface area contributed by atoms with Gasteiger partial charge in [0.05, 0.1) is 24.6 Å². The summed E-state index contributed by atoms with van der Waals surface area (Å²) in [6, 6.07) is 10.1. The largest absolute Gasteiger partial charge is 0.384 e. The summed E-state index contributed by atoms with van der Waals surface area (Å²) in [4.78, 5) is 11.5. The van der Waals surface area contributed by atoms with Crippen molar-refractivity contribution in [3.63, 3.8) is 0 Å². The zero-order valence-corrected chi connectivity index (χ0v) is 16.5. The van der Waals surface area contributed by atoms with Gasteiger partial charge >= 0.3 is 0 Å². The molecule has 2 aromatic heterocycles. The number of anilines is 1. The van der Waals surface area contributed by atoms with E-state index in [0.29, 0.717) is 31.3 Å². The Balaban J connectivity index is 1.71. The highest BCUT2D eigenvalue weighted by atomic mass is 19.1. The molecule has 3 aromatic rings. The summed E-state index contributed by atoms with van der Waals surface area (Å²) in [6.45, 7) is 6.17. The van der Waals surface area contributed by atoms with Crippen LogP contribution in [-0.4, -0.2) is 51.2 Å². The van der Waals surface area contributed by atoms with E-state index in [4.69, 9.17) is 9.72 Å². The number of ether oxygens (including phenoxy) is 1. The minimum Gasteiger partial charge on any atom is -0.384 e. The molecule has 0 spiro atoms. The molecular weight excluding hydrogens is 373 g/mol. The molecular formula is C21H24FN5O2. The number of aliphatic hydroxyl groups is 1. The van der Waals surface area contributed by atoms with Gasteiger partial charge in [0.2, 0.25) is 0 Å². The van der Waals surface area contributed by atoms with E-state index in [1.807, 2.05) is 6.07 Å². The third kappa shape index (κ3) is 4.60. The predicted molar refractivity (Wildman–Crippen MR) is 107 cm³/mol. The van der Waals surface area contributed by atoms with Crippen molar-refractivity contribution in [3.05, 3.63) is 65.4 Å². The van der Waals surface area contributed by atoms with E-state index >= 15 is 0 Å². The number of nitrogens with zero attached hydrogens (tertiary/aromatic N) is 5. The first-order valence-electron chi connectivity index (χ1n) is 9.62. The maximum atomic E-state index is 13.2. The van der Waals surface area contributed by atoms with Gasteiger partial charge in [0.1, 0.15) is 17.2 Å². The molecule has 0 unspecified atom stereocenters. The van der Waals surface area contributed by atoms with Crippen LogP contribution >= 0.6 is 0 Å². The van der Waals surface area contributed by atoms with Crippen molar-refractivity contribution in [1.82, 2.24) is 19.7 Å². The minimum absolute atomic E-state index is 0.262. The molecule has 0 aliphatic carbocycles. The number of aromatic nitrogens is 4. The Bertz CT molecular complexity index is 975. The van der Waals surface area contributed by atoms with Crippen LogP contribution in [0.15, 0.2) is 42.6 Å². The zero-order valence-electron chi connectivity index (χ0n) is 16.5. The molecule has 7 nitrogen and oxygen atoms in total. The molecule has 1 saturated heterocycles. The first-order valence-corrected chi connectivity index (χ1v) is 9.62. The van der Waals surface area contributed by atoms with Crippen molar-refractivity contribution in [2.24, 2.45) is 0 Å². The molecule has 1 aliphatic heterocycles. The van der Waals surface area contributed by atoms with E-state index in [9.17, 15) is 9.50 Å². The van der Waals surface area contributed by atoms with E-state index in [0.717, 1.165) is 30.2 Å². The predicted octanol–water partition coefficient (Wildman–Crippen LogP) is 2.46. The lowest BCUT2D eigenvalue weighted by Gasteiger charge is -2.28. The number of benzene rings is 1. The molecule has 4 rings (SSSR count). The van der Waals surface area contributed by atoms with Gasteiger partial charge in [0.25, 0.3) is 5.95 Å². The first kappa shape index (κ1) is 19.5. The van der Waals surface area contributed by atoms with E-state index < -0.39 is 5.60 Å². The highest BCUT2D eigenvalue weighted by Gasteiger charge is 2.21. The third-order valence-corrected chi connectivity index (χ3v) is 4.81. The Morgan fingerprint density at radius 1 is 1.10 bits per heavy atom. The molecule has 1 fully saturated rings. The van der Waals surface area contributed by atoms with Gasteiger partial charge in [0.15, 0.2) is 0 Å². The Labute approximate surface area is 168 Å². The Morgan fingerprint density at radius 3 is 2.48 bits per heavy atom. The standard InChI is InChI=1S/C21H24FN5O2/c1-21(2,28)18-7-8-27(25-18)20-23-17(13-15-3-5-16(22)6-4-15)14-19(24-20)26-9-11-29-12-10-26/h3-8,14,28H,9-13H2,1-2H3. The topological polar surface area (TPSA) is 76.3 Å². The molecule has 0 radical (unpaired) electrons. The Morgan fingerprint density at radius 2 is 1.83 bits per heavy atom. The minimum atomic E-state index is -1.05. The number of hydrogen-bond acceptors (Lipinski definition) is 6. The van der Waals surface area contributed by atoms with Gasteiger partial charge in [-0.15, -0.1) is 0 Å². The fourth-order valence-corrected chi connectivity index (χ4v) is 3.19. The number of rotatable bonds is 5. The summed E-state index contributed by atoms with van der Waals surface area (Å²) < 4.78 is 20.3. The van der Waals surface area contributed by atoms with Crippen LogP contribution in [-0.2, 0) is 16.8 Å². The van der Waals surface area contributed by atoms with Gasteiger partial charge in [-0.25, -0.2) is 14.1 Å². The Kier molecular flexibility index (Phi) is 5.29. The van der Waals surface area contributed by atoms with E-state index in [1.54, 1.807) is 42.9 Å². The van der Waals surface area contributed by atoms with Gasteiger partial charge in [0, 0.05) is 31.8 Å². The van der Waals surface area contributed by atoms with Crippen molar-refractivity contribution >= 4 is 5.82 Å². The monoisotopic (exact) mass is 397 g/mol. The highest BCUT2D eigenvalue weighted by Crippen LogP contribution is 2.21. The lowest BCUT2D eigenvalue weighted by Crippen LogP contribution is -2.37. The molecule has 0 bridgehead atoms. The summed E-state index contributed by atoms with van der Waals surface area (Å²) in [5.41, 5.74) is 1.26. The van der Waals surface area contributed by atoms with Gasteiger partial charge in [-0.3, -0.25) is 0 Å². The summed E-state index contributed by atoms with van der Waals surface area (Å²) >= 11 is 0. The average molecular weight is 397 g/mol. The molecule has 1 aromatic carbocycles. The lowest BCUT2D eigenvalue weighted by atomic mass is 10.1. The van der Waals surface area contributed by atoms with Crippen LogP contribution in [0.1, 0.15) is 30.8 Å². The van der Waals surface area contributed by atoms with Gasteiger partial charge in [-0.2, -0.15) is 10.1 Å². The maximum absolute atomic E-state index is 13.2. The summed E-state index contributed by atoms with van der Waals surface area (Å²) in [5.74, 6) is 0.971. The second kappa shape index (κ2) is 7.88. The molecule has 1 N–H and O–H groups in total. The average Bonchev–Trinajstić information content (AvgIpc) is 3.21. The van der Waals surface area contributed by atoms with Gasteiger partial charge in [-0.05, 0) is 37.6 Å². The van der Waals surface area contributed by atoms with Crippen LogP contribution < -0.4 is 4.90 Å². The van der Waals surface area contributed by atoms with Crippen LogP contribution in [0.2, 0.25) is 0 Å². The van der Waals surface area contributed by atoms with Crippen molar-refractivity contribution < 1.29 is 14.2 Å². The summed E-state index contributed by atoms with van der Waals surface area (Å²) in [6.07, 6.45) is 2.29. The molecule has 0 atom stereocenters. The third-order valence-electron chi connectivity index (χ3n) is 4.81. The van der Waals surface area contributed by atoms with Crippen LogP contribution in [0.5, 0.6) is 0 Å². The van der Waals surface area contributed by atoms with Gasteiger partial charge in [-0.1, -0.05) is 12.1 Å². The van der Waals surface area contributed by atoms with Crippen molar-refractivity contribution in [3.8, 4) is 5.95 Å². The quantitative estimate of drug-likeness (QED) is 0.713. The first-order chi connectivity index (χ1) is 13.9. The van der Waals surface area contributed by atoms with Gasteiger partial charge < -0.3 is 14.7 Å². The van der Waals surface area contributed by atoms with Crippen molar-refractivity contribution in [2.75, 3.05) is 31.2 Å². The lowest BCUT2D eigenvalue weighted by molar-refractivity contribution is 0.0734.